The molecule has 1 N–H and O–H groups in total. The molecule has 0 saturated carbocycles. The smallest absolute Gasteiger partial charge is 0.111 e. The van der Waals surface area contributed by atoms with E-state index in [0.29, 0.717) is 6.54 Å². The highest BCUT2D eigenvalue weighted by Gasteiger charge is 2.20. The fourth-order valence-corrected chi connectivity index (χ4v) is 1.83. The highest BCUT2D eigenvalue weighted by atomic mass is 15.2. The molecule has 0 aliphatic carbocycles. The van der Waals surface area contributed by atoms with Crippen molar-refractivity contribution < 1.29 is 0 Å². The zero-order valence-corrected chi connectivity index (χ0v) is 9.69. The molecule has 1 aliphatic heterocycles. The van der Waals surface area contributed by atoms with Crippen molar-refractivity contribution in [2.45, 2.75) is 6.04 Å². The van der Waals surface area contributed by atoms with E-state index in [0.717, 1.165) is 25.2 Å². The van der Waals surface area contributed by atoms with Crippen LogP contribution in [0.15, 0.2) is 30.3 Å². The number of piperazine rings is 1. The van der Waals surface area contributed by atoms with Crippen LogP contribution in [-0.4, -0.2) is 37.1 Å². The Labute approximate surface area is 102 Å². The number of benzene rings is 1. The molecule has 1 fully saturated rings. The molecular formula is C14H15N3. The van der Waals surface area contributed by atoms with Gasteiger partial charge in [-0.15, -0.1) is 0 Å². The molecule has 17 heavy (non-hydrogen) atoms. The van der Waals surface area contributed by atoms with E-state index >= 15 is 0 Å². The normalized spacial score (nSPS) is 20.1. The maximum atomic E-state index is 9.00. The fraction of sp³-hybridized carbons (Fsp3) is 0.357. The minimum atomic E-state index is -0.0474. The summed E-state index contributed by atoms with van der Waals surface area (Å²) in [6.07, 6.45) is 0. The van der Waals surface area contributed by atoms with Gasteiger partial charge in [0.05, 0.1) is 12.6 Å². The van der Waals surface area contributed by atoms with Crippen LogP contribution in [-0.2, 0) is 0 Å². The summed E-state index contributed by atoms with van der Waals surface area (Å²) in [5.41, 5.74) is 1.02. The van der Waals surface area contributed by atoms with Crippen LogP contribution in [0.5, 0.6) is 0 Å². The van der Waals surface area contributed by atoms with E-state index in [-0.39, 0.29) is 6.04 Å². The Hall–Kier alpha value is -1.81. The van der Waals surface area contributed by atoms with Gasteiger partial charge in [-0.25, -0.2) is 0 Å². The maximum absolute atomic E-state index is 9.00. The number of hydrogen-bond donors (Lipinski definition) is 1. The molecule has 1 atom stereocenters. The van der Waals surface area contributed by atoms with Crippen molar-refractivity contribution in [2.24, 2.45) is 0 Å². The van der Waals surface area contributed by atoms with Crippen molar-refractivity contribution in [1.82, 2.24) is 10.2 Å². The van der Waals surface area contributed by atoms with Crippen LogP contribution >= 0.6 is 0 Å². The van der Waals surface area contributed by atoms with E-state index in [1.165, 1.54) is 0 Å². The number of rotatable bonds is 1. The first-order valence-electron chi connectivity index (χ1n) is 5.78. The highest BCUT2D eigenvalue weighted by molar-refractivity contribution is 5.33. The lowest BCUT2D eigenvalue weighted by molar-refractivity contribution is 0.221. The summed E-state index contributed by atoms with van der Waals surface area (Å²) < 4.78 is 0. The fourth-order valence-electron chi connectivity index (χ4n) is 1.83. The lowest BCUT2D eigenvalue weighted by Crippen LogP contribution is -2.50. The zero-order chi connectivity index (χ0) is 11.9. The van der Waals surface area contributed by atoms with Crippen LogP contribution in [0.2, 0.25) is 0 Å². The van der Waals surface area contributed by atoms with Crippen LogP contribution < -0.4 is 5.32 Å². The molecule has 0 spiro atoms. The molecule has 1 aromatic carbocycles. The van der Waals surface area contributed by atoms with Crippen molar-refractivity contribution >= 4 is 0 Å². The predicted octanol–water partition coefficient (Wildman–Crippen LogP) is 0.835. The minimum absolute atomic E-state index is 0.0474. The van der Waals surface area contributed by atoms with Gasteiger partial charge in [0.1, 0.15) is 6.04 Å². The summed E-state index contributed by atoms with van der Waals surface area (Å²) in [4.78, 5) is 2.12. The van der Waals surface area contributed by atoms with Crippen molar-refractivity contribution in [3.8, 4) is 17.9 Å². The van der Waals surface area contributed by atoms with E-state index in [4.69, 9.17) is 5.26 Å². The molecule has 86 valence electrons. The first kappa shape index (κ1) is 11.7. The molecule has 0 radical (unpaired) electrons. The Bertz CT molecular complexity index is 450. The summed E-state index contributed by atoms with van der Waals surface area (Å²) in [7, 11) is 0. The molecule has 1 aromatic rings. The van der Waals surface area contributed by atoms with Crippen molar-refractivity contribution in [1.29, 1.82) is 5.26 Å². The molecule has 1 heterocycles. The van der Waals surface area contributed by atoms with Gasteiger partial charge in [-0.2, -0.15) is 5.26 Å². The topological polar surface area (TPSA) is 39.1 Å². The number of hydrogen-bond acceptors (Lipinski definition) is 3. The van der Waals surface area contributed by atoms with E-state index in [2.05, 4.69) is 28.1 Å². The van der Waals surface area contributed by atoms with Crippen LogP contribution in [0.25, 0.3) is 0 Å². The standard InChI is InChI=1S/C14H15N3/c15-11-14-12-16-8-10-17(14)9-4-7-13-5-2-1-3-6-13/h1-3,5-6,14,16H,8-10,12H2. The third-order valence-corrected chi connectivity index (χ3v) is 2.79. The summed E-state index contributed by atoms with van der Waals surface area (Å²) in [5.74, 6) is 6.25. The van der Waals surface area contributed by atoms with Crippen LogP contribution in [0.3, 0.4) is 0 Å². The van der Waals surface area contributed by atoms with Gasteiger partial charge in [0.2, 0.25) is 0 Å². The van der Waals surface area contributed by atoms with Gasteiger partial charge in [-0.3, -0.25) is 4.90 Å². The summed E-state index contributed by atoms with van der Waals surface area (Å²) >= 11 is 0. The average molecular weight is 225 g/mol. The first-order chi connectivity index (χ1) is 8.40. The predicted molar refractivity (Wildman–Crippen MR) is 67.2 cm³/mol. The molecule has 1 saturated heterocycles. The van der Waals surface area contributed by atoms with E-state index in [1.54, 1.807) is 0 Å². The number of nitrogens with one attached hydrogen (secondary N) is 1. The van der Waals surface area contributed by atoms with Crippen molar-refractivity contribution in [3.63, 3.8) is 0 Å². The van der Waals surface area contributed by atoms with Crippen molar-refractivity contribution in [3.05, 3.63) is 35.9 Å². The second-order valence-electron chi connectivity index (χ2n) is 3.99. The van der Waals surface area contributed by atoms with Gasteiger partial charge in [0, 0.05) is 25.2 Å². The van der Waals surface area contributed by atoms with Gasteiger partial charge in [-0.1, -0.05) is 30.0 Å². The molecule has 3 nitrogen and oxygen atoms in total. The average Bonchev–Trinajstić information content (AvgIpc) is 2.40. The summed E-state index contributed by atoms with van der Waals surface area (Å²) in [6, 6.07) is 12.2. The second-order valence-corrected chi connectivity index (χ2v) is 3.99. The third kappa shape index (κ3) is 3.32. The van der Waals surface area contributed by atoms with Crippen LogP contribution in [0, 0.1) is 23.2 Å². The highest BCUT2D eigenvalue weighted by Crippen LogP contribution is 2.01. The Morgan fingerprint density at radius 2 is 2.18 bits per heavy atom. The molecule has 1 unspecified atom stereocenters. The molecule has 3 heteroatoms. The monoisotopic (exact) mass is 225 g/mol. The van der Waals surface area contributed by atoms with Crippen LogP contribution in [0.4, 0.5) is 0 Å². The Morgan fingerprint density at radius 3 is 2.94 bits per heavy atom. The van der Waals surface area contributed by atoms with E-state index in [1.807, 2.05) is 30.3 Å². The van der Waals surface area contributed by atoms with E-state index in [9.17, 15) is 0 Å². The van der Waals surface area contributed by atoms with Gasteiger partial charge >= 0.3 is 0 Å². The first-order valence-corrected chi connectivity index (χ1v) is 5.78. The van der Waals surface area contributed by atoms with Gasteiger partial charge in [0.25, 0.3) is 0 Å². The molecule has 0 amide bonds. The lowest BCUT2D eigenvalue weighted by Gasteiger charge is -2.29. The quantitative estimate of drug-likeness (QED) is 0.720. The number of nitrogens with zero attached hydrogens (tertiary/aromatic N) is 2. The largest absolute Gasteiger partial charge is 0.313 e. The summed E-state index contributed by atoms with van der Waals surface area (Å²) in [6.45, 7) is 3.23. The Kier molecular flexibility index (Phi) is 4.16. The molecular weight excluding hydrogens is 210 g/mol. The van der Waals surface area contributed by atoms with Crippen LogP contribution in [0.1, 0.15) is 5.56 Å². The Balaban J connectivity index is 1.94. The molecule has 2 rings (SSSR count). The Morgan fingerprint density at radius 1 is 1.35 bits per heavy atom. The molecule has 1 aliphatic rings. The van der Waals surface area contributed by atoms with E-state index < -0.39 is 0 Å². The lowest BCUT2D eigenvalue weighted by atomic mass is 10.2. The minimum Gasteiger partial charge on any atom is -0.313 e. The van der Waals surface area contributed by atoms with Gasteiger partial charge in [-0.05, 0) is 12.1 Å². The molecule has 0 bridgehead atoms. The molecule has 0 aromatic heterocycles. The van der Waals surface area contributed by atoms with Crippen molar-refractivity contribution in [2.75, 3.05) is 26.2 Å². The number of nitriles is 1. The zero-order valence-electron chi connectivity index (χ0n) is 9.69. The SMILES string of the molecule is N#CC1CNCCN1CC#Cc1ccccc1. The third-order valence-electron chi connectivity index (χ3n) is 2.79. The summed E-state index contributed by atoms with van der Waals surface area (Å²) in [5, 5.41) is 12.2. The van der Waals surface area contributed by atoms with Gasteiger partial charge < -0.3 is 5.32 Å². The maximum Gasteiger partial charge on any atom is 0.111 e. The van der Waals surface area contributed by atoms with Gasteiger partial charge in [0.15, 0.2) is 0 Å². The second kappa shape index (κ2) is 6.06.